The van der Waals surface area contributed by atoms with Gasteiger partial charge in [-0.1, -0.05) is 0 Å². The molecule has 0 amide bonds. The van der Waals surface area contributed by atoms with Gasteiger partial charge in [0.15, 0.2) is 0 Å². The summed E-state index contributed by atoms with van der Waals surface area (Å²) in [4.78, 5) is 0. The minimum Gasteiger partial charge on any atom is -0.402 e. The monoisotopic (exact) mass is 90.0 g/mol. The largest absolute Gasteiger partial charge is 0.636 e. The second-order valence-electron chi connectivity index (χ2n) is 0.778. The molecule has 0 aromatic heterocycles. The topological polar surface area (TPSA) is 38.7 Å². The van der Waals surface area contributed by atoms with Crippen LogP contribution in [0.4, 0.5) is 0 Å². The van der Waals surface area contributed by atoms with Gasteiger partial charge >= 0.3 is 7.32 Å². The standard InChI is InChI=1S/C2H7BO3/c1-5-3(4)6-2/h4H,1-2H3. The van der Waals surface area contributed by atoms with Crippen LogP contribution < -0.4 is 0 Å². The van der Waals surface area contributed by atoms with Gasteiger partial charge in [-0.25, -0.2) is 0 Å². The van der Waals surface area contributed by atoms with Crippen LogP contribution in [0, 0.1) is 0 Å². The Labute approximate surface area is 37.1 Å². The first-order valence-corrected chi connectivity index (χ1v) is 1.55. The van der Waals surface area contributed by atoms with Crippen molar-refractivity contribution in [3.63, 3.8) is 0 Å². The van der Waals surface area contributed by atoms with Gasteiger partial charge in [0.25, 0.3) is 0 Å². The molecule has 0 aliphatic carbocycles. The maximum atomic E-state index is 8.22. The van der Waals surface area contributed by atoms with E-state index in [-0.39, 0.29) is 0 Å². The molecule has 0 aliphatic heterocycles. The van der Waals surface area contributed by atoms with Crippen LogP contribution in [0.25, 0.3) is 0 Å². The molecule has 4 heteroatoms. The Bertz CT molecular complexity index is 28.0. The Morgan fingerprint density at radius 3 is 1.67 bits per heavy atom. The summed E-state index contributed by atoms with van der Waals surface area (Å²) in [6, 6.07) is 0. The van der Waals surface area contributed by atoms with Crippen LogP contribution >= 0.6 is 0 Å². The van der Waals surface area contributed by atoms with Gasteiger partial charge < -0.3 is 14.3 Å². The molecule has 6 heavy (non-hydrogen) atoms. The highest BCUT2D eigenvalue weighted by molar-refractivity contribution is 6.34. The molecule has 1 N–H and O–H groups in total. The molecule has 0 bridgehead atoms. The van der Waals surface area contributed by atoms with Crippen molar-refractivity contribution in [2.24, 2.45) is 0 Å². The lowest BCUT2D eigenvalue weighted by Gasteiger charge is -1.94. The van der Waals surface area contributed by atoms with Crippen molar-refractivity contribution >= 4 is 7.32 Å². The number of rotatable bonds is 2. The Hall–Kier alpha value is -0.0551. The van der Waals surface area contributed by atoms with Gasteiger partial charge in [-0.2, -0.15) is 0 Å². The Morgan fingerprint density at radius 2 is 1.67 bits per heavy atom. The van der Waals surface area contributed by atoms with E-state index >= 15 is 0 Å². The summed E-state index contributed by atoms with van der Waals surface area (Å²) in [7, 11) is 1.65. The molecule has 0 aromatic carbocycles. The Balaban J connectivity index is 2.75. The van der Waals surface area contributed by atoms with E-state index in [1.807, 2.05) is 0 Å². The Morgan fingerprint density at radius 1 is 1.33 bits per heavy atom. The van der Waals surface area contributed by atoms with E-state index in [2.05, 4.69) is 9.31 Å². The normalized spacial score (nSPS) is 8.50. The molecule has 36 valence electrons. The molecule has 0 fully saturated rings. The zero-order chi connectivity index (χ0) is 4.99. The Kier molecular flexibility index (Phi) is 3.12. The third kappa shape index (κ3) is 2.20. The molecule has 0 spiro atoms. The van der Waals surface area contributed by atoms with E-state index in [0.717, 1.165) is 0 Å². The van der Waals surface area contributed by atoms with E-state index < -0.39 is 7.32 Å². The molecule has 0 aliphatic rings. The average Bonchev–Trinajstić information content (AvgIpc) is 1.65. The van der Waals surface area contributed by atoms with Gasteiger partial charge in [0.2, 0.25) is 0 Å². The van der Waals surface area contributed by atoms with Crippen molar-refractivity contribution in [1.82, 2.24) is 0 Å². The number of hydrogen-bond donors (Lipinski definition) is 1. The zero-order valence-corrected chi connectivity index (χ0v) is 3.84. The molecule has 0 aromatic rings. The van der Waals surface area contributed by atoms with Crippen molar-refractivity contribution < 1.29 is 14.3 Å². The predicted octanol–water partition coefficient (Wildman–Crippen LogP) is -0.744. The van der Waals surface area contributed by atoms with E-state index in [9.17, 15) is 0 Å². The predicted molar refractivity (Wildman–Crippen MR) is 22.0 cm³/mol. The van der Waals surface area contributed by atoms with Crippen LogP contribution in [0.3, 0.4) is 0 Å². The van der Waals surface area contributed by atoms with E-state index in [1.165, 1.54) is 14.2 Å². The van der Waals surface area contributed by atoms with Crippen molar-refractivity contribution in [3.05, 3.63) is 0 Å². The van der Waals surface area contributed by atoms with Gasteiger partial charge in [-0.15, -0.1) is 0 Å². The van der Waals surface area contributed by atoms with Crippen LogP contribution in [0.1, 0.15) is 0 Å². The lowest BCUT2D eigenvalue weighted by Crippen LogP contribution is -2.17. The fourth-order valence-electron chi connectivity index (χ4n) is 0.0962. The summed E-state index contributed by atoms with van der Waals surface area (Å²) in [5, 5.41) is 8.22. The summed E-state index contributed by atoms with van der Waals surface area (Å²) >= 11 is 0. The first-order chi connectivity index (χ1) is 2.81. The highest BCUT2D eigenvalue weighted by Crippen LogP contribution is 1.71. The lowest BCUT2D eigenvalue weighted by atomic mass is 10.3. The highest BCUT2D eigenvalue weighted by Gasteiger charge is 2.06. The maximum absolute atomic E-state index is 8.22. The molecular weight excluding hydrogens is 82.8 g/mol. The molecule has 0 saturated carbocycles. The first-order valence-electron chi connectivity index (χ1n) is 1.55. The molecule has 0 rings (SSSR count). The molecular formula is C2H7BO3. The molecule has 0 radical (unpaired) electrons. The van der Waals surface area contributed by atoms with Gasteiger partial charge in [-0.3, -0.25) is 0 Å². The fourth-order valence-corrected chi connectivity index (χ4v) is 0.0962. The van der Waals surface area contributed by atoms with Crippen LogP contribution in [0.2, 0.25) is 0 Å². The molecule has 0 unspecified atom stereocenters. The summed E-state index contributed by atoms with van der Waals surface area (Å²) in [6.07, 6.45) is 0. The van der Waals surface area contributed by atoms with Gasteiger partial charge in [-0.05, 0) is 0 Å². The second-order valence-corrected chi connectivity index (χ2v) is 0.778. The van der Waals surface area contributed by atoms with Crippen molar-refractivity contribution in [2.45, 2.75) is 0 Å². The minimum absolute atomic E-state index is 1.06. The molecule has 0 atom stereocenters. The quantitative estimate of drug-likeness (QED) is 0.453. The van der Waals surface area contributed by atoms with Crippen LogP contribution in [-0.4, -0.2) is 26.6 Å². The summed E-state index contributed by atoms with van der Waals surface area (Å²) in [6.45, 7) is 0. The SMILES string of the molecule is COB(O)OC. The minimum atomic E-state index is -1.06. The molecule has 0 saturated heterocycles. The highest BCUT2D eigenvalue weighted by atomic mass is 16.7. The summed E-state index contributed by atoms with van der Waals surface area (Å²) in [5.74, 6) is 0. The van der Waals surface area contributed by atoms with E-state index in [1.54, 1.807) is 0 Å². The smallest absolute Gasteiger partial charge is 0.402 e. The van der Waals surface area contributed by atoms with E-state index in [0.29, 0.717) is 0 Å². The summed E-state index contributed by atoms with van der Waals surface area (Å²) < 4.78 is 8.47. The van der Waals surface area contributed by atoms with Crippen LogP contribution in [0.15, 0.2) is 0 Å². The first kappa shape index (κ1) is 5.94. The zero-order valence-electron chi connectivity index (χ0n) is 3.84. The average molecular weight is 89.9 g/mol. The van der Waals surface area contributed by atoms with Crippen molar-refractivity contribution in [3.8, 4) is 0 Å². The second kappa shape index (κ2) is 3.15. The van der Waals surface area contributed by atoms with Crippen LogP contribution in [-0.2, 0) is 9.31 Å². The third-order valence-electron chi connectivity index (χ3n) is 0.403. The van der Waals surface area contributed by atoms with Crippen LogP contribution in [0.5, 0.6) is 0 Å². The van der Waals surface area contributed by atoms with Crippen molar-refractivity contribution in [2.75, 3.05) is 14.2 Å². The van der Waals surface area contributed by atoms with Gasteiger partial charge in [0.05, 0.1) is 0 Å². The molecule has 0 heterocycles. The van der Waals surface area contributed by atoms with E-state index in [4.69, 9.17) is 5.02 Å². The van der Waals surface area contributed by atoms with Gasteiger partial charge in [0.1, 0.15) is 0 Å². The summed E-state index contributed by atoms with van der Waals surface area (Å²) in [5.41, 5.74) is 0. The number of hydrogen-bond acceptors (Lipinski definition) is 3. The van der Waals surface area contributed by atoms with Crippen molar-refractivity contribution in [1.29, 1.82) is 0 Å². The maximum Gasteiger partial charge on any atom is 0.636 e. The lowest BCUT2D eigenvalue weighted by molar-refractivity contribution is 0.193. The molecule has 3 nitrogen and oxygen atoms in total. The third-order valence-corrected chi connectivity index (χ3v) is 0.403. The van der Waals surface area contributed by atoms with Gasteiger partial charge in [0, 0.05) is 14.2 Å². The fraction of sp³-hybridized carbons (Fsp3) is 1.00.